The quantitative estimate of drug-likeness (QED) is 0.772. The molecule has 0 bridgehead atoms. The van der Waals surface area contributed by atoms with E-state index in [1.165, 1.54) is 5.56 Å². The van der Waals surface area contributed by atoms with E-state index in [1.54, 1.807) is 20.3 Å². The van der Waals surface area contributed by atoms with E-state index < -0.39 is 0 Å². The first-order valence-electron chi connectivity index (χ1n) is 8.36. The molecule has 1 amide bonds. The van der Waals surface area contributed by atoms with Crippen molar-refractivity contribution in [3.63, 3.8) is 0 Å². The van der Waals surface area contributed by atoms with Gasteiger partial charge in [-0.25, -0.2) is 0 Å². The number of anilines is 1. The van der Waals surface area contributed by atoms with Crippen molar-refractivity contribution in [3.8, 4) is 11.5 Å². The molecule has 2 rings (SSSR count). The molecule has 25 heavy (non-hydrogen) atoms. The van der Waals surface area contributed by atoms with Crippen LogP contribution in [0.2, 0.25) is 0 Å². The SMILES string of the molecule is COc1ccc(N[C@@H](C)C(=O)NC[C@@H](C)c2ccccc2)c(OC)c1. The Morgan fingerprint density at radius 1 is 1.04 bits per heavy atom. The van der Waals surface area contributed by atoms with Crippen LogP contribution < -0.4 is 20.1 Å². The lowest BCUT2D eigenvalue weighted by Gasteiger charge is -2.19. The highest BCUT2D eigenvalue weighted by Gasteiger charge is 2.16. The molecular formula is C20H26N2O3. The van der Waals surface area contributed by atoms with Crippen molar-refractivity contribution in [1.82, 2.24) is 5.32 Å². The van der Waals surface area contributed by atoms with Gasteiger partial charge in [0.15, 0.2) is 0 Å². The van der Waals surface area contributed by atoms with Crippen LogP contribution in [0.5, 0.6) is 11.5 Å². The fourth-order valence-corrected chi connectivity index (χ4v) is 2.52. The molecule has 0 spiro atoms. The van der Waals surface area contributed by atoms with Crippen LogP contribution in [0.1, 0.15) is 25.3 Å². The van der Waals surface area contributed by atoms with E-state index in [-0.39, 0.29) is 17.9 Å². The maximum Gasteiger partial charge on any atom is 0.242 e. The highest BCUT2D eigenvalue weighted by molar-refractivity contribution is 5.84. The molecule has 0 unspecified atom stereocenters. The molecule has 0 saturated heterocycles. The molecule has 5 nitrogen and oxygen atoms in total. The molecule has 0 aromatic heterocycles. The van der Waals surface area contributed by atoms with E-state index in [2.05, 4.69) is 29.7 Å². The predicted octanol–water partition coefficient (Wildman–Crippen LogP) is 3.42. The fourth-order valence-electron chi connectivity index (χ4n) is 2.52. The van der Waals surface area contributed by atoms with E-state index >= 15 is 0 Å². The number of carbonyl (C=O) groups excluding carboxylic acids is 1. The molecule has 0 heterocycles. The summed E-state index contributed by atoms with van der Waals surface area (Å²) >= 11 is 0. The second kappa shape index (κ2) is 8.97. The minimum atomic E-state index is -0.384. The summed E-state index contributed by atoms with van der Waals surface area (Å²) in [5.74, 6) is 1.54. The van der Waals surface area contributed by atoms with Gasteiger partial charge in [-0.15, -0.1) is 0 Å². The lowest BCUT2D eigenvalue weighted by molar-refractivity contribution is -0.121. The van der Waals surface area contributed by atoms with Crippen LogP contribution in [0.3, 0.4) is 0 Å². The molecule has 2 aromatic carbocycles. The maximum absolute atomic E-state index is 12.4. The third-order valence-electron chi connectivity index (χ3n) is 4.13. The van der Waals surface area contributed by atoms with Crippen molar-refractivity contribution in [2.24, 2.45) is 0 Å². The summed E-state index contributed by atoms with van der Waals surface area (Å²) in [5, 5.41) is 6.18. The summed E-state index contributed by atoms with van der Waals surface area (Å²) in [6.45, 7) is 4.51. The minimum absolute atomic E-state index is 0.0550. The molecule has 0 aliphatic rings. The number of rotatable bonds is 8. The van der Waals surface area contributed by atoms with Gasteiger partial charge in [-0.2, -0.15) is 0 Å². The van der Waals surface area contributed by atoms with Crippen LogP contribution in [0.15, 0.2) is 48.5 Å². The Labute approximate surface area is 149 Å². The Kier molecular flexibility index (Phi) is 6.69. The molecule has 2 atom stereocenters. The Balaban J connectivity index is 1.92. The smallest absolute Gasteiger partial charge is 0.242 e. The van der Waals surface area contributed by atoms with Crippen LogP contribution >= 0.6 is 0 Å². The highest BCUT2D eigenvalue weighted by Crippen LogP contribution is 2.29. The van der Waals surface area contributed by atoms with Crippen molar-refractivity contribution >= 4 is 11.6 Å². The summed E-state index contributed by atoms with van der Waals surface area (Å²) in [4.78, 5) is 12.4. The van der Waals surface area contributed by atoms with Gasteiger partial charge >= 0.3 is 0 Å². The molecule has 2 aromatic rings. The van der Waals surface area contributed by atoms with Gasteiger partial charge in [0.25, 0.3) is 0 Å². The van der Waals surface area contributed by atoms with E-state index in [1.807, 2.05) is 37.3 Å². The number of ether oxygens (including phenoxy) is 2. The van der Waals surface area contributed by atoms with Gasteiger partial charge in [-0.05, 0) is 30.5 Å². The first-order valence-corrected chi connectivity index (χ1v) is 8.36. The largest absolute Gasteiger partial charge is 0.497 e. The van der Waals surface area contributed by atoms with Crippen LogP contribution in [0.4, 0.5) is 5.69 Å². The molecule has 0 radical (unpaired) electrons. The molecule has 0 aliphatic heterocycles. The number of amides is 1. The monoisotopic (exact) mass is 342 g/mol. The number of benzene rings is 2. The van der Waals surface area contributed by atoms with Gasteiger partial charge in [0.2, 0.25) is 5.91 Å². The van der Waals surface area contributed by atoms with Gasteiger partial charge in [-0.3, -0.25) is 4.79 Å². The van der Waals surface area contributed by atoms with Crippen LogP contribution in [0.25, 0.3) is 0 Å². The summed E-state index contributed by atoms with van der Waals surface area (Å²) in [6.07, 6.45) is 0. The Hall–Kier alpha value is -2.69. The number of carbonyl (C=O) groups is 1. The van der Waals surface area contributed by atoms with Crippen molar-refractivity contribution < 1.29 is 14.3 Å². The van der Waals surface area contributed by atoms with Crippen molar-refractivity contribution in [1.29, 1.82) is 0 Å². The summed E-state index contributed by atoms with van der Waals surface area (Å²) in [7, 11) is 3.19. The Morgan fingerprint density at radius 2 is 1.76 bits per heavy atom. The van der Waals surface area contributed by atoms with E-state index in [9.17, 15) is 4.79 Å². The average Bonchev–Trinajstić information content (AvgIpc) is 2.66. The van der Waals surface area contributed by atoms with E-state index in [0.717, 1.165) is 5.69 Å². The summed E-state index contributed by atoms with van der Waals surface area (Å²) < 4.78 is 10.5. The molecule has 0 fully saturated rings. The van der Waals surface area contributed by atoms with Gasteiger partial charge in [0, 0.05) is 12.6 Å². The normalized spacial score (nSPS) is 12.8. The number of hydrogen-bond donors (Lipinski definition) is 2. The molecular weight excluding hydrogens is 316 g/mol. The van der Waals surface area contributed by atoms with Crippen LogP contribution in [-0.4, -0.2) is 32.7 Å². The van der Waals surface area contributed by atoms with Gasteiger partial charge in [0.1, 0.15) is 17.5 Å². The Morgan fingerprint density at radius 3 is 2.40 bits per heavy atom. The van der Waals surface area contributed by atoms with Crippen molar-refractivity contribution in [3.05, 3.63) is 54.1 Å². The second-order valence-electron chi connectivity index (χ2n) is 5.99. The van der Waals surface area contributed by atoms with Crippen molar-refractivity contribution in [2.75, 3.05) is 26.1 Å². The first-order chi connectivity index (χ1) is 12.0. The minimum Gasteiger partial charge on any atom is -0.497 e. The zero-order chi connectivity index (χ0) is 18.2. The zero-order valence-electron chi connectivity index (χ0n) is 15.2. The average molecular weight is 342 g/mol. The Bertz CT molecular complexity index is 689. The third-order valence-corrected chi connectivity index (χ3v) is 4.13. The van der Waals surface area contributed by atoms with Crippen molar-refractivity contribution in [2.45, 2.75) is 25.8 Å². The highest BCUT2D eigenvalue weighted by atomic mass is 16.5. The lowest BCUT2D eigenvalue weighted by atomic mass is 10.0. The molecule has 5 heteroatoms. The number of nitrogens with one attached hydrogen (secondary N) is 2. The molecule has 134 valence electrons. The maximum atomic E-state index is 12.4. The zero-order valence-corrected chi connectivity index (χ0v) is 15.2. The standard InChI is InChI=1S/C20H26N2O3/c1-14(16-8-6-5-7-9-16)13-21-20(23)15(2)22-18-11-10-17(24-3)12-19(18)25-4/h5-12,14-15,22H,13H2,1-4H3,(H,21,23)/t14-,15+/m1/s1. The van der Waals surface area contributed by atoms with Gasteiger partial charge < -0.3 is 20.1 Å². The topological polar surface area (TPSA) is 59.6 Å². The summed E-state index contributed by atoms with van der Waals surface area (Å²) in [5.41, 5.74) is 1.96. The fraction of sp³-hybridized carbons (Fsp3) is 0.350. The van der Waals surface area contributed by atoms with Crippen LogP contribution in [0, 0.1) is 0 Å². The van der Waals surface area contributed by atoms with Gasteiger partial charge in [-0.1, -0.05) is 37.3 Å². The third kappa shape index (κ3) is 5.14. The number of methoxy groups -OCH3 is 2. The van der Waals surface area contributed by atoms with Gasteiger partial charge in [0.05, 0.1) is 19.9 Å². The number of hydrogen-bond acceptors (Lipinski definition) is 4. The molecule has 0 saturated carbocycles. The second-order valence-corrected chi connectivity index (χ2v) is 5.99. The van der Waals surface area contributed by atoms with E-state index in [0.29, 0.717) is 18.0 Å². The molecule has 2 N–H and O–H groups in total. The predicted molar refractivity (Wildman–Crippen MR) is 100 cm³/mol. The van der Waals surface area contributed by atoms with E-state index in [4.69, 9.17) is 9.47 Å². The van der Waals surface area contributed by atoms with Crippen LogP contribution in [-0.2, 0) is 4.79 Å². The summed E-state index contributed by atoms with van der Waals surface area (Å²) in [6, 6.07) is 15.2. The lowest BCUT2D eigenvalue weighted by Crippen LogP contribution is -2.39. The first kappa shape index (κ1) is 18.6. The molecule has 0 aliphatic carbocycles.